The third-order valence-electron chi connectivity index (χ3n) is 2.52. The normalized spacial score (nSPS) is 12.4. The van der Waals surface area contributed by atoms with Crippen LogP contribution >= 0.6 is 11.8 Å². The zero-order valence-corrected chi connectivity index (χ0v) is 12.4. The second-order valence-electron chi connectivity index (χ2n) is 4.10. The minimum atomic E-state index is -0.527. The van der Waals surface area contributed by atoms with Gasteiger partial charge in [0.2, 0.25) is 0 Å². The molecule has 0 radical (unpaired) electrons. The van der Waals surface area contributed by atoms with E-state index in [4.69, 9.17) is 10.5 Å². The predicted octanol–water partition coefficient (Wildman–Crippen LogP) is 1.20. The van der Waals surface area contributed by atoms with Crippen LogP contribution in [0.3, 0.4) is 0 Å². The Labute approximate surface area is 118 Å². The summed E-state index contributed by atoms with van der Waals surface area (Å²) in [5.74, 6) is 2.24. The molecule has 2 N–H and O–H groups in total. The molecule has 1 atom stereocenters. The number of rotatable bonds is 9. The highest BCUT2D eigenvalue weighted by molar-refractivity contribution is 7.98. The maximum Gasteiger partial charge on any atom is 0.322 e. The molecule has 1 heterocycles. The van der Waals surface area contributed by atoms with Crippen LogP contribution in [0.2, 0.25) is 0 Å². The lowest BCUT2D eigenvalue weighted by Crippen LogP contribution is -2.32. The van der Waals surface area contributed by atoms with E-state index in [9.17, 15) is 4.79 Å². The van der Waals surface area contributed by atoms with Crippen LogP contribution in [0.25, 0.3) is 0 Å². The molecule has 0 saturated heterocycles. The highest BCUT2D eigenvalue weighted by Gasteiger charge is 2.14. The van der Waals surface area contributed by atoms with Crippen molar-refractivity contribution in [1.29, 1.82) is 0 Å². The van der Waals surface area contributed by atoms with Gasteiger partial charge in [-0.25, -0.2) is 9.67 Å². The van der Waals surface area contributed by atoms with E-state index >= 15 is 0 Å². The molecule has 19 heavy (non-hydrogen) atoms. The summed E-state index contributed by atoms with van der Waals surface area (Å²) >= 11 is 1.70. The van der Waals surface area contributed by atoms with Crippen molar-refractivity contribution in [2.24, 2.45) is 5.73 Å². The molecule has 7 heteroatoms. The summed E-state index contributed by atoms with van der Waals surface area (Å²) in [6.07, 6.45) is 3.23. The number of carbonyl (C=O) groups excluding carboxylic acids is 1. The van der Waals surface area contributed by atoms with Gasteiger partial charge in [-0.15, -0.1) is 0 Å². The van der Waals surface area contributed by atoms with Crippen molar-refractivity contribution in [3.8, 4) is 0 Å². The van der Waals surface area contributed by atoms with E-state index in [0.29, 0.717) is 13.0 Å². The number of hydrogen-bond acceptors (Lipinski definition) is 6. The number of aryl methyl sites for hydroxylation is 1. The standard InChI is InChI=1S/C12H22N4O2S/c1-3-6-16-11(14-9-15-16)8-19-7-5-10(13)12(17)18-4-2/h9-10H,3-8,13H2,1-2H3. The van der Waals surface area contributed by atoms with Gasteiger partial charge < -0.3 is 10.5 Å². The number of hydrogen-bond donors (Lipinski definition) is 1. The van der Waals surface area contributed by atoms with E-state index in [1.54, 1.807) is 25.0 Å². The maximum atomic E-state index is 11.3. The predicted molar refractivity (Wildman–Crippen MR) is 75.7 cm³/mol. The molecule has 1 unspecified atom stereocenters. The number of thioether (sulfide) groups is 1. The van der Waals surface area contributed by atoms with Crippen LogP contribution < -0.4 is 5.73 Å². The Kier molecular flexibility index (Phi) is 7.50. The van der Waals surface area contributed by atoms with Crippen LogP contribution in [0, 0.1) is 0 Å². The average molecular weight is 286 g/mol. The van der Waals surface area contributed by atoms with Gasteiger partial charge in [0.05, 0.1) is 12.4 Å². The number of esters is 1. The highest BCUT2D eigenvalue weighted by Crippen LogP contribution is 2.12. The van der Waals surface area contributed by atoms with E-state index < -0.39 is 6.04 Å². The third kappa shape index (κ3) is 5.61. The summed E-state index contributed by atoms with van der Waals surface area (Å²) in [7, 11) is 0. The first-order valence-electron chi connectivity index (χ1n) is 6.55. The molecule has 0 spiro atoms. The molecule has 1 aromatic rings. The van der Waals surface area contributed by atoms with Gasteiger partial charge in [-0.3, -0.25) is 4.79 Å². The Bertz CT molecular complexity index is 384. The summed E-state index contributed by atoms with van der Waals surface area (Å²) in [5.41, 5.74) is 5.72. The van der Waals surface area contributed by atoms with E-state index in [2.05, 4.69) is 17.0 Å². The average Bonchev–Trinajstić information content (AvgIpc) is 2.82. The first kappa shape index (κ1) is 16.0. The Morgan fingerprint density at radius 1 is 1.58 bits per heavy atom. The lowest BCUT2D eigenvalue weighted by atomic mass is 10.2. The van der Waals surface area contributed by atoms with Crippen LogP contribution in [-0.2, 0) is 21.8 Å². The van der Waals surface area contributed by atoms with Gasteiger partial charge in [0.15, 0.2) is 0 Å². The van der Waals surface area contributed by atoms with Crippen molar-refractivity contribution in [2.75, 3.05) is 12.4 Å². The smallest absolute Gasteiger partial charge is 0.322 e. The third-order valence-corrected chi connectivity index (χ3v) is 3.51. The topological polar surface area (TPSA) is 83.0 Å². The fourth-order valence-corrected chi connectivity index (χ4v) is 2.51. The summed E-state index contributed by atoms with van der Waals surface area (Å²) in [6, 6.07) is -0.527. The maximum absolute atomic E-state index is 11.3. The largest absolute Gasteiger partial charge is 0.465 e. The molecule has 0 amide bonds. The van der Waals surface area contributed by atoms with Crippen LogP contribution in [-0.4, -0.2) is 39.1 Å². The molecule has 0 aromatic carbocycles. The molecule has 0 bridgehead atoms. The fourth-order valence-electron chi connectivity index (χ4n) is 1.54. The van der Waals surface area contributed by atoms with Crippen LogP contribution in [0.15, 0.2) is 6.33 Å². The number of nitrogens with two attached hydrogens (primary N) is 1. The lowest BCUT2D eigenvalue weighted by Gasteiger charge is -2.10. The Morgan fingerprint density at radius 2 is 2.37 bits per heavy atom. The van der Waals surface area contributed by atoms with E-state index in [0.717, 1.165) is 30.3 Å². The number of ether oxygens (including phenoxy) is 1. The highest BCUT2D eigenvalue weighted by atomic mass is 32.2. The van der Waals surface area contributed by atoms with Crippen molar-refractivity contribution in [2.45, 2.75) is 45.0 Å². The second-order valence-corrected chi connectivity index (χ2v) is 5.20. The molecule has 108 valence electrons. The molecule has 1 rings (SSSR count). The first-order chi connectivity index (χ1) is 9.19. The zero-order chi connectivity index (χ0) is 14.1. The molecule has 0 saturated carbocycles. The van der Waals surface area contributed by atoms with Crippen molar-refractivity contribution < 1.29 is 9.53 Å². The minimum absolute atomic E-state index is 0.322. The molecular formula is C12H22N4O2S. The van der Waals surface area contributed by atoms with Gasteiger partial charge in [-0.2, -0.15) is 16.9 Å². The summed E-state index contributed by atoms with van der Waals surface area (Å²) in [6.45, 7) is 5.15. The minimum Gasteiger partial charge on any atom is -0.465 e. The monoisotopic (exact) mass is 286 g/mol. The van der Waals surface area contributed by atoms with Crippen LogP contribution in [0.4, 0.5) is 0 Å². The summed E-state index contributed by atoms with van der Waals surface area (Å²) < 4.78 is 6.77. The van der Waals surface area contributed by atoms with Gasteiger partial charge in [0.25, 0.3) is 0 Å². The van der Waals surface area contributed by atoms with Gasteiger partial charge in [-0.1, -0.05) is 6.92 Å². The van der Waals surface area contributed by atoms with E-state index in [-0.39, 0.29) is 5.97 Å². The van der Waals surface area contributed by atoms with Crippen LogP contribution in [0.5, 0.6) is 0 Å². The van der Waals surface area contributed by atoms with Crippen molar-refractivity contribution >= 4 is 17.7 Å². The number of carbonyl (C=O) groups is 1. The summed E-state index contributed by atoms with van der Waals surface area (Å²) in [5, 5.41) is 4.17. The van der Waals surface area contributed by atoms with Crippen molar-refractivity contribution in [3.05, 3.63) is 12.2 Å². The molecule has 0 aliphatic heterocycles. The lowest BCUT2D eigenvalue weighted by molar-refractivity contribution is -0.144. The molecule has 0 aliphatic carbocycles. The Morgan fingerprint density at radius 3 is 3.05 bits per heavy atom. The Balaban J connectivity index is 2.23. The Hall–Kier alpha value is -1.08. The fraction of sp³-hybridized carbons (Fsp3) is 0.750. The van der Waals surface area contributed by atoms with E-state index in [1.165, 1.54) is 0 Å². The quantitative estimate of drug-likeness (QED) is 0.542. The molecular weight excluding hydrogens is 264 g/mol. The van der Waals surface area contributed by atoms with Gasteiger partial charge in [-0.05, 0) is 25.5 Å². The SMILES string of the molecule is CCCn1ncnc1CSCCC(N)C(=O)OCC. The molecule has 0 fully saturated rings. The summed E-state index contributed by atoms with van der Waals surface area (Å²) in [4.78, 5) is 15.5. The second kappa shape index (κ2) is 8.92. The first-order valence-corrected chi connectivity index (χ1v) is 7.71. The number of nitrogens with zero attached hydrogens (tertiary/aromatic N) is 3. The van der Waals surface area contributed by atoms with Crippen LogP contribution in [0.1, 0.15) is 32.5 Å². The van der Waals surface area contributed by atoms with Gasteiger partial charge >= 0.3 is 5.97 Å². The zero-order valence-electron chi connectivity index (χ0n) is 11.5. The molecule has 1 aromatic heterocycles. The van der Waals surface area contributed by atoms with E-state index in [1.807, 2.05) is 4.68 Å². The molecule has 0 aliphatic rings. The number of aromatic nitrogens is 3. The van der Waals surface area contributed by atoms with Gasteiger partial charge in [0, 0.05) is 6.54 Å². The van der Waals surface area contributed by atoms with Gasteiger partial charge in [0.1, 0.15) is 18.2 Å². The molecule has 6 nitrogen and oxygen atoms in total. The van der Waals surface area contributed by atoms with Crippen molar-refractivity contribution in [1.82, 2.24) is 14.8 Å². The van der Waals surface area contributed by atoms with Crippen molar-refractivity contribution in [3.63, 3.8) is 0 Å².